The smallest absolute Gasteiger partial charge is 0.120 e. The number of aliphatic hydroxyl groups is 1. The first kappa shape index (κ1) is 16.3. The number of hydrogen-bond donors (Lipinski definition) is 1. The molecule has 2 aliphatic heterocycles. The quantitative estimate of drug-likeness (QED) is 0.451. The maximum absolute atomic E-state index is 9.40. The van der Waals surface area contributed by atoms with Crippen LogP contribution in [0.4, 0.5) is 0 Å². The molecule has 0 saturated heterocycles. The lowest BCUT2D eigenvalue weighted by atomic mass is 9.98. The number of rotatable bonds is 2. The molecule has 130 valence electrons. The number of methoxy groups -OCH3 is 1. The topological polar surface area (TPSA) is 29.5 Å². The third kappa shape index (κ3) is 2.73. The summed E-state index contributed by atoms with van der Waals surface area (Å²) < 4.78 is 5.38. The largest absolute Gasteiger partial charge is 0.497 e. The molecule has 3 aromatic rings. The van der Waals surface area contributed by atoms with E-state index in [1.54, 1.807) is 7.11 Å². The zero-order valence-corrected chi connectivity index (χ0v) is 16.0. The fraction of sp³-hybridized carbons (Fsp3) is 0.182. The Bertz CT molecular complexity index is 944. The van der Waals surface area contributed by atoms with Crippen molar-refractivity contribution in [1.29, 1.82) is 0 Å². The molecule has 1 N–H and O–H groups in total. The Balaban J connectivity index is 1.52. The van der Waals surface area contributed by atoms with Crippen molar-refractivity contribution in [2.45, 2.75) is 39.0 Å². The first-order chi connectivity index (χ1) is 12.7. The molecular formula is C22H18O2S2. The Kier molecular flexibility index (Phi) is 4.00. The van der Waals surface area contributed by atoms with Crippen LogP contribution >= 0.6 is 23.5 Å². The molecule has 0 fully saturated rings. The number of ether oxygens (including phenoxy) is 1. The average molecular weight is 379 g/mol. The van der Waals surface area contributed by atoms with Crippen LogP contribution in [0, 0.1) is 0 Å². The monoisotopic (exact) mass is 378 g/mol. The van der Waals surface area contributed by atoms with Crippen molar-refractivity contribution < 1.29 is 9.84 Å². The molecule has 3 aromatic carbocycles. The molecule has 0 unspecified atom stereocenters. The Morgan fingerprint density at radius 2 is 1.35 bits per heavy atom. The third-order valence-corrected chi connectivity index (χ3v) is 7.43. The summed E-state index contributed by atoms with van der Waals surface area (Å²) in [6.07, 6.45) is 1.93. The second-order valence-electron chi connectivity index (χ2n) is 6.70. The average Bonchev–Trinajstić information content (AvgIpc) is 2.68. The van der Waals surface area contributed by atoms with Gasteiger partial charge >= 0.3 is 0 Å². The molecule has 0 saturated carbocycles. The van der Waals surface area contributed by atoms with E-state index in [1.165, 1.54) is 41.8 Å². The van der Waals surface area contributed by atoms with Gasteiger partial charge in [-0.05, 0) is 71.0 Å². The van der Waals surface area contributed by atoms with E-state index in [9.17, 15) is 5.11 Å². The van der Waals surface area contributed by atoms with Gasteiger partial charge in [-0.25, -0.2) is 0 Å². The van der Waals surface area contributed by atoms with E-state index < -0.39 is 0 Å². The summed E-state index contributed by atoms with van der Waals surface area (Å²) in [6.45, 7) is 0.0990. The molecule has 2 aliphatic rings. The van der Waals surface area contributed by atoms with E-state index in [-0.39, 0.29) is 6.61 Å². The highest BCUT2D eigenvalue weighted by Gasteiger charge is 2.23. The second-order valence-corrected chi connectivity index (χ2v) is 8.87. The molecule has 5 rings (SSSR count). The molecule has 4 heteroatoms. The normalized spacial score (nSPS) is 14.1. The summed E-state index contributed by atoms with van der Waals surface area (Å²) in [5, 5.41) is 9.40. The summed E-state index contributed by atoms with van der Waals surface area (Å²) in [7, 11) is 1.72. The fourth-order valence-electron chi connectivity index (χ4n) is 3.60. The van der Waals surface area contributed by atoms with Crippen LogP contribution in [0.15, 0.2) is 68.1 Å². The van der Waals surface area contributed by atoms with Gasteiger partial charge in [0.05, 0.1) is 13.7 Å². The zero-order chi connectivity index (χ0) is 17.7. The Hall–Kier alpha value is -1.88. The van der Waals surface area contributed by atoms with Gasteiger partial charge in [-0.3, -0.25) is 0 Å². The number of benzene rings is 3. The molecule has 0 aliphatic carbocycles. The predicted octanol–water partition coefficient (Wildman–Crippen LogP) is 5.30. The van der Waals surface area contributed by atoms with Gasteiger partial charge in [0.2, 0.25) is 0 Å². The van der Waals surface area contributed by atoms with Gasteiger partial charge < -0.3 is 9.84 Å². The second kappa shape index (κ2) is 6.38. The Morgan fingerprint density at radius 1 is 0.769 bits per heavy atom. The van der Waals surface area contributed by atoms with Crippen molar-refractivity contribution in [3.63, 3.8) is 0 Å². The van der Waals surface area contributed by atoms with Crippen LogP contribution in [-0.2, 0) is 19.4 Å². The van der Waals surface area contributed by atoms with Crippen LogP contribution in [0.2, 0.25) is 0 Å². The van der Waals surface area contributed by atoms with Crippen molar-refractivity contribution in [2.75, 3.05) is 7.11 Å². The van der Waals surface area contributed by atoms with Gasteiger partial charge in [0, 0.05) is 19.6 Å². The minimum atomic E-state index is 0.0990. The van der Waals surface area contributed by atoms with E-state index in [0.29, 0.717) is 0 Å². The minimum absolute atomic E-state index is 0.0990. The highest BCUT2D eigenvalue weighted by atomic mass is 32.2. The summed E-state index contributed by atoms with van der Waals surface area (Å²) in [6, 6.07) is 17.4. The molecule has 0 amide bonds. The van der Waals surface area contributed by atoms with Crippen molar-refractivity contribution in [2.24, 2.45) is 0 Å². The first-order valence-electron chi connectivity index (χ1n) is 8.64. The number of fused-ring (bicyclic) bond motifs is 4. The molecule has 0 bridgehead atoms. The molecule has 0 spiro atoms. The van der Waals surface area contributed by atoms with Crippen LogP contribution in [0.3, 0.4) is 0 Å². The van der Waals surface area contributed by atoms with Crippen molar-refractivity contribution in [3.8, 4) is 5.75 Å². The van der Waals surface area contributed by atoms with Crippen LogP contribution < -0.4 is 4.74 Å². The third-order valence-electron chi connectivity index (χ3n) is 5.03. The van der Waals surface area contributed by atoms with Crippen molar-refractivity contribution >= 4 is 23.5 Å². The van der Waals surface area contributed by atoms with E-state index in [2.05, 4.69) is 36.4 Å². The Labute approximate surface area is 161 Å². The lowest BCUT2D eigenvalue weighted by molar-refractivity contribution is 0.281. The van der Waals surface area contributed by atoms with Crippen molar-refractivity contribution in [1.82, 2.24) is 0 Å². The molecule has 2 nitrogen and oxygen atoms in total. The molecule has 26 heavy (non-hydrogen) atoms. The van der Waals surface area contributed by atoms with Gasteiger partial charge in [-0.15, -0.1) is 0 Å². The predicted molar refractivity (Wildman–Crippen MR) is 106 cm³/mol. The molecular weight excluding hydrogens is 360 g/mol. The highest BCUT2D eigenvalue weighted by molar-refractivity contribution is 8.00. The summed E-state index contributed by atoms with van der Waals surface area (Å²) >= 11 is 3.68. The molecule has 0 aromatic heterocycles. The Morgan fingerprint density at radius 3 is 1.96 bits per heavy atom. The van der Waals surface area contributed by atoms with Gasteiger partial charge in [0.1, 0.15) is 5.75 Å². The summed E-state index contributed by atoms with van der Waals surface area (Å²) in [5.41, 5.74) is 6.50. The summed E-state index contributed by atoms with van der Waals surface area (Å²) in [4.78, 5) is 5.29. The van der Waals surface area contributed by atoms with Gasteiger partial charge in [0.25, 0.3) is 0 Å². The van der Waals surface area contributed by atoms with E-state index in [1.807, 2.05) is 35.7 Å². The molecule has 2 heterocycles. The number of aliphatic hydroxyl groups excluding tert-OH is 1. The lowest BCUT2D eigenvalue weighted by Crippen LogP contribution is -2.05. The van der Waals surface area contributed by atoms with Crippen LogP contribution in [0.5, 0.6) is 5.75 Å². The van der Waals surface area contributed by atoms with Gasteiger partial charge in [-0.1, -0.05) is 41.7 Å². The van der Waals surface area contributed by atoms with Crippen molar-refractivity contribution in [3.05, 3.63) is 76.3 Å². The molecule has 0 atom stereocenters. The number of hydrogen-bond acceptors (Lipinski definition) is 4. The van der Waals surface area contributed by atoms with Crippen LogP contribution in [0.1, 0.15) is 27.8 Å². The SMILES string of the molecule is COc1ccc2c(c1)Sc1cc3c(cc1C2)Sc1cc(CO)ccc1C3. The fourth-order valence-corrected chi connectivity index (χ4v) is 5.93. The zero-order valence-electron chi connectivity index (χ0n) is 14.4. The van der Waals surface area contributed by atoms with E-state index in [4.69, 9.17) is 4.74 Å². The minimum Gasteiger partial charge on any atom is -0.497 e. The standard InChI is InChI=1S/C22H18O2S2/c1-24-18-5-4-15-8-17-9-20-16(10-21(17)26-22(15)11-18)7-14-3-2-13(12-23)6-19(14)25-20/h2-6,9-11,23H,7-8,12H2,1H3. The molecule has 0 radical (unpaired) electrons. The lowest BCUT2D eigenvalue weighted by Gasteiger charge is -2.25. The maximum atomic E-state index is 9.40. The summed E-state index contributed by atoms with van der Waals surface area (Å²) in [5.74, 6) is 0.918. The first-order valence-corrected chi connectivity index (χ1v) is 10.3. The van der Waals surface area contributed by atoms with Crippen LogP contribution in [-0.4, -0.2) is 12.2 Å². The highest BCUT2D eigenvalue weighted by Crippen LogP contribution is 2.47. The van der Waals surface area contributed by atoms with E-state index in [0.717, 1.165) is 24.2 Å². The van der Waals surface area contributed by atoms with E-state index >= 15 is 0 Å². The maximum Gasteiger partial charge on any atom is 0.120 e. The van der Waals surface area contributed by atoms with Gasteiger partial charge in [0.15, 0.2) is 0 Å². The van der Waals surface area contributed by atoms with Gasteiger partial charge in [-0.2, -0.15) is 0 Å². The van der Waals surface area contributed by atoms with Crippen LogP contribution in [0.25, 0.3) is 0 Å².